The van der Waals surface area contributed by atoms with E-state index >= 15 is 0 Å². The Hall–Kier alpha value is -1.97. The molecular formula is C13H13N3O. The molecule has 1 saturated heterocycles. The molecule has 0 N–H and O–H groups in total. The Morgan fingerprint density at radius 3 is 2.94 bits per heavy atom. The van der Waals surface area contributed by atoms with Crippen molar-refractivity contribution in [2.24, 2.45) is 0 Å². The smallest absolute Gasteiger partial charge is 0.152 e. The van der Waals surface area contributed by atoms with Gasteiger partial charge in [-0.15, -0.1) is 0 Å². The van der Waals surface area contributed by atoms with Gasteiger partial charge in [-0.3, -0.25) is 4.79 Å². The van der Waals surface area contributed by atoms with E-state index in [-0.39, 0.29) is 0 Å². The van der Waals surface area contributed by atoms with E-state index in [4.69, 9.17) is 0 Å². The molecule has 4 nitrogen and oxygen atoms in total. The van der Waals surface area contributed by atoms with Crippen molar-refractivity contribution in [2.75, 3.05) is 18.0 Å². The summed E-state index contributed by atoms with van der Waals surface area (Å²) in [6.07, 6.45) is 3.17. The van der Waals surface area contributed by atoms with Gasteiger partial charge in [-0.1, -0.05) is 12.1 Å². The second-order valence-electron chi connectivity index (χ2n) is 4.28. The largest absolute Gasteiger partial charge is 0.349 e. The van der Waals surface area contributed by atoms with Crippen molar-refractivity contribution in [3.05, 3.63) is 30.6 Å². The molecule has 0 bridgehead atoms. The first-order valence-electron chi connectivity index (χ1n) is 5.81. The van der Waals surface area contributed by atoms with Gasteiger partial charge in [0.15, 0.2) is 5.78 Å². The highest BCUT2D eigenvalue weighted by molar-refractivity contribution is 5.92. The zero-order valence-electron chi connectivity index (χ0n) is 9.47. The van der Waals surface area contributed by atoms with Gasteiger partial charge in [-0.25, -0.2) is 9.97 Å². The highest BCUT2D eigenvalue weighted by Gasteiger charge is 2.19. The number of piperidine rings is 1. The van der Waals surface area contributed by atoms with Crippen LogP contribution in [0, 0.1) is 0 Å². The lowest BCUT2D eigenvalue weighted by Gasteiger charge is -2.27. The molecule has 2 heterocycles. The summed E-state index contributed by atoms with van der Waals surface area (Å²) < 4.78 is 0. The van der Waals surface area contributed by atoms with Crippen LogP contribution in [0.4, 0.5) is 5.82 Å². The third-order valence-electron chi connectivity index (χ3n) is 3.07. The molecule has 1 fully saturated rings. The number of aromatic nitrogens is 2. The number of Topliss-reactive ketones (excluding diaryl/α,β-unsaturated/α-hetero) is 1. The zero-order chi connectivity index (χ0) is 11.7. The molecule has 0 unspecified atom stereocenters. The maximum absolute atomic E-state index is 11.5. The summed E-state index contributed by atoms with van der Waals surface area (Å²) in [5, 5.41) is 1.02. The molecule has 0 amide bonds. The van der Waals surface area contributed by atoms with Crippen LogP contribution in [-0.4, -0.2) is 28.8 Å². The Labute approximate surface area is 99.3 Å². The third-order valence-corrected chi connectivity index (χ3v) is 3.07. The van der Waals surface area contributed by atoms with Gasteiger partial charge in [0.25, 0.3) is 0 Å². The predicted molar refractivity (Wildman–Crippen MR) is 66.0 cm³/mol. The SMILES string of the molecule is O=C1CCCN(c2ncnc3ccccc23)C1. The van der Waals surface area contributed by atoms with Gasteiger partial charge in [-0.2, -0.15) is 0 Å². The van der Waals surface area contributed by atoms with E-state index in [1.54, 1.807) is 6.33 Å². The van der Waals surface area contributed by atoms with Crippen molar-refractivity contribution < 1.29 is 4.79 Å². The van der Waals surface area contributed by atoms with Crippen molar-refractivity contribution in [2.45, 2.75) is 12.8 Å². The number of carbonyl (C=O) groups excluding carboxylic acids is 1. The Morgan fingerprint density at radius 1 is 1.18 bits per heavy atom. The van der Waals surface area contributed by atoms with Crippen molar-refractivity contribution in [3.8, 4) is 0 Å². The molecular weight excluding hydrogens is 214 g/mol. The molecule has 1 aromatic heterocycles. The van der Waals surface area contributed by atoms with E-state index in [0.29, 0.717) is 18.7 Å². The normalized spacial score (nSPS) is 16.5. The van der Waals surface area contributed by atoms with Gasteiger partial charge in [0.2, 0.25) is 0 Å². The second kappa shape index (κ2) is 4.13. The number of carbonyl (C=O) groups is 1. The summed E-state index contributed by atoms with van der Waals surface area (Å²) in [7, 11) is 0. The third kappa shape index (κ3) is 1.86. The fourth-order valence-corrected chi connectivity index (χ4v) is 2.26. The Morgan fingerprint density at radius 2 is 2.06 bits per heavy atom. The summed E-state index contributed by atoms with van der Waals surface area (Å²) in [6, 6.07) is 7.90. The first-order chi connectivity index (χ1) is 8.34. The van der Waals surface area contributed by atoms with E-state index in [2.05, 4.69) is 14.9 Å². The number of ketones is 1. The number of para-hydroxylation sites is 1. The first kappa shape index (κ1) is 10.2. The molecule has 3 rings (SSSR count). The van der Waals surface area contributed by atoms with Gasteiger partial charge in [0, 0.05) is 18.4 Å². The standard InChI is InChI=1S/C13H13N3O/c17-10-4-3-7-16(8-10)13-11-5-1-2-6-12(11)14-9-15-13/h1-2,5-6,9H,3-4,7-8H2. The van der Waals surface area contributed by atoms with E-state index < -0.39 is 0 Å². The van der Waals surface area contributed by atoms with Gasteiger partial charge >= 0.3 is 0 Å². The average molecular weight is 227 g/mol. The van der Waals surface area contributed by atoms with E-state index in [1.807, 2.05) is 24.3 Å². The summed E-state index contributed by atoms with van der Waals surface area (Å²) in [5.41, 5.74) is 0.926. The number of rotatable bonds is 1. The quantitative estimate of drug-likeness (QED) is 0.745. The number of fused-ring (bicyclic) bond motifs is 1. The minimum Gasteiger partial charge on any atom is -0.349 e. The Bertz CT molecular complexity index is 562. The molecule has 0 aliphatic carbocycles. The van der Waals surface area contributed by atoms with Crippen molar-refractivity contribution in [1.82, 2.24) is 9.97 Å². The minimum atomic E-state index is 0.291. The topological polar surface area (TPSA) is 46.1 Å². The summed E-state index contributed by atoms with van der Waals surface area (Å²) in [5.74, 6) is 1.17. The average Bonchev–Trinajstić information content (AvgIpc) is 2.38. The molecule has 2 aromatic rings. The van der Waals surface area contributed by atoms with Gasteiger partial charge < -0.3 is 4.90 Å². The van der Waals surface area contributed by atoms with Crippen LogP contribution in [0.1, 0.15) is 12.8 Å². The van der Waals surface area contributed by atoms with E-state index in [9.17, 15) is 4.79 Å². The van der Waals surface area contributed by atoms with Crippen LogP contribution >= 0.6 is 0 Å². The molecule has 4 heteroatoms. The summed E-state index contributed by atoms with van der Waals surface area (Å²) in [6.45, 7) is 1.37. The van der Waals surface area contributed by atoms with Crippen LogP contribution in [0.3, 0.4) is 0 Å². The Kier molecular flexibility index (Phi) is 2.48. The lowest BCUT2D eigenvalue weighted by atomic mass is 10.1. The lowest BCUT2D eigenvalue weighted by Crippen LogP contribution is -2.36. The summed E-state index contributed by atoms with van der Waals surface area (Å²) >= 11 is 0. The minimum absolute atomic E-state index is 0.291. The van der Waals surface area contributed by atoms with Crippen molar-refractivity contribution in [1.29, 1.82) is 0 Å². The maximum Gasteiger partial charge on any atom is 0.152 e. The second-order valence-corrected chi connectivity index (χ2v) is 4.28. The van der Waals surface area contributed by atoms with Gasteiger partial charge in [-0.05, 0) is 18.6 Å². The fraction of sp³-hybridized carbons (Fsp3) is 0.308. The Balaban J connectivity index is 2.07. The van der Waals surface area contributed by atoms with Crippen LogP contribution < -0.4 is 4.90 Å². The molecule has 0 radical (unpaired) electrons. The maximum atomic E-state index is 11.5. The molecule has 86 valence electrons. The molecule has 0 atom stereocenters. The van der Waals surface area contributed by atoms with Gasteiger partial charge in [0.1, 0.15) is 12.1 Å². The monoisotopic (exact) mass is 227 g/mol. The van der Waals surface area contributed by atoms with E-state index in [1.165, 1.54) is 0 Å². The fourth-order valence-electron chi connectivity index (χ4n) is 2.26. The number of benzene rings is 1. The number of hydrogen-bond acceptors (Lipinski definition) is 4. The molecule has 0 spiro atoms. The van der Waals surface area contributed by atoms with Gasteiger partial charge in [0.05, 0.1) is 12.1 Å². The molecule has 0 saturated carbocycles. The molecule has 1 aromatic carbocycles. The molecule has 17 heavy (non-hydrogen) atoms. The highest BCUT2D eigenvalue weighted by Crippen LogP contribution is 2.24. The van der Waals surface area contributed by atoms with Crippen LogP contribution in [0.25, 0.3) is 10.9 Å². The number of nitrogens with zero attached hydrogens (tertiary/aromatic N) is 3. The number of anilines is 1. The van der Waals surface area contributed by atoms with Crippen LogP contribution in [0.5, 0.6) is 0 Å². The molecule has 1 aliphatic rings. The first-order valence-corrected chi connectivity index (χ1v) is 5.81. The predicted octanol–water partition coefficient (Wildman–Crippen LogP) is 1.80. The molecule has 1 aliphatic heterocycles. The van der Waals surface area contributed by atoms with Crippen molar-refractivity contribution >= 4 is 22.5 Å². The lowest BCUT2D eigenvalue weighted by molar-refractivity contribution is -0.118. The van der Waals surface area contributed by atoms with Crippen LogP contribution in [0.15, 0.2) is 30.6 Å². The number of hydrogen-bond donors (Lipinski definition) is 0. The highest BCUT2D eigenvalue weighted by atomic mass is 16.1. The van der Waals surface area contributed by atoms with E-state index in [0.717, 1.165) is 29.7 Å². The summed E-state index contributed by atoms with van der Waals surface area (Å²) in [4.78, 5) is 22.1. The zero-order valence-corrected chi connectivity index (χ0v) is 9.47. The van der Waals surface area contributed by atoms with Crippen LogP contribution in [-0.2, 0) is 4.79 Å². The van der Waals surface area contributed by atoms with Crippen molar-refractivity contribution in [3.63, 3.8) is 0 Å². The van der Waals surface area contributed by atoms with Crippen LogP contribution in [0.2, 0.25) is 0 Å².